The SMILES string of the molecule is NC(=O)c1cccc2c1CCCN2C(=O)COc1ccc(F)cc1Cl. The van der Waals surface area contributed by atoms with Crippen molar-refractivity contribution >= 4 is 29.1 Å². The summed E-state index contributed by atoms with van der Waals surface area (Å²) in [7, 11) is 0. The third-order valence-corrected chi connectivity index (χ3v) is 4.36. The molecule has 0 saturated carbocycles. The highest BCUT2D eigenvalue weighted by Crippen LogP contribution is 2.30. The van der Waals surface area contributed by atoms with E-state index in [1.807, 2.05) is 0 Å². The Morgan fingerprint density at radius 3 is 2.80 bits per heavy atom. The van der Waals surface area contributed by atoms with Crippen molar-refractivity contribution in [1.29, 1.82) is 0 Å². The minimum Gasteiger partial charge on any atom is -0.482 e. The summed E-state index contributed by atoms with van der Waals surface area (Å²) in [5.41, 5.74) is 7.28. The average molecular weight is 363 g/mol. The van der Waals surface area contributed by atoms with E-state index in [-0.39, 0.29) is 23.3 Å². The van der Waals surface area contributed by atoms with E-state index in [1.165, 1.54) is 12.1 Å². The molecule has 0 bridgehead atoms. The van der Waals surface area contributed by atoms with Gasteiger partial charge in [-0.3, -0.25) is 9.59 Å². The van der Waals surface area contributed by atoms with Gasteiger partial charge in [-0.2, -0.15) is 0 Å². The second-order valence-electron chi connectivity index (χ2n) is 5.68. The number of amides is 2. The maximum Gasteiger partial charge on any atom is 0.264 e. The van der Waals surface area contributed by atoms with Crippen LogP contribution in [0.15, 0.2) is 36.4 Å². The molecule has 2 N–H and O–H groups in total. The molecule has 1 aliphatic rings. The molecule has 3 rings (SSSR count). The average Bonchev–Trinajstić information content (AvgIpc) is 2.59. The standard InChI is InChI=1S/C18H16ClFN2O3/c19-14-9-11(20)6-7-16(14)25-10-17(23)22-8-2-4-12-13(18(21)24)3-1-5-15(12)22/h1,3,5-7,9H,2,4,8,10H2,(H2,21,24). The molecule has 1 heterocycles. The fourth-order valence-electron chi connectivity index (χ4n) is 2.92. The van der Waals surface area contributed by atoms with Gasteiger partial charge in [0.05, 0.1) is 5.02 Å². The Labute approximate surface area is 149 Å². The van der Waals surface area contributed by atoms with Gasteiger partial charge in [-0.1, -0.05) is 17.7 Å². The van der Waals surface area contributed by atoms with Gasteiger partial charge < -0.3 is 15.4 Å². The van der Waals surface area contributed by atoms with Crippen LogP contribution in [0.2, 0.25) is 5.02 Å². The van der Waals surface area contributed by atoms with Gasteiger partial charge in [-0.15, -0.1) is 0 Å². The van der Waals surface area contributed by atoms with Gasteiger partial charge in [0.15, 0.2) is 6.61 Å². The predicted octanol–water partition coefficient (Wildman–Crippen LogP) is 2.94. The van der Waals surface area contributed by atoms with Gasteiger partial charge in [-0.25, -0.2) is 4.39 Å². The summed E-state index contributed by atoms with van der Waals surface area (Å²) in [5, 5.41) is 0.0999. The van der Waals surface area contributed by atoms with Crippen LogP contribution in [0.25, 0.3) is 0 Å². The first-order valence-electron chi connectivity index (χ1n) is 7.77. The van der Waals surface area contributed by atoms with Crippen molar-refractivity contribution < 1.29 is 18.7 Å². The van der Waals surface area contributed by atoms with Crippen LogP contribution in [0.5, 0.6) is 5.75 Å². The number of rotatable bonds is 4. The topological polar surface area (TPSA) is 72.6 Å². The van der Waals surface area contributed by atoms with E-state index in [0.29, 0.717) is 24.2 Å². The molecule has 0 radical (unpaired) electrons. The smallest absolute Gasteiger partial charge is 0.264 e. The number of ether oxygens (including phenoxy) is 1. The van der Waals surface area contributed by atoms with E-state index < -0.39 is 11.7 Å². The van der Waals surface area contributed by atoms with Crippen LogP contribution >= 0.6 is 11.6 Å². The molecule has 2 aromatic carbocycles. The predicted molar refractivity (Wildman–Crippen MR) is 92.5 cm³/mol. The molecule has 7 heteroatoms. The van der Waals surface area contributed by atoms with Crippen LogP contribution in [0.4, 0.5) is 10.1 Å². The molecule has 1 aliphatic heterocycles. The summed E-state index contributed by atoms with van der Waals surface area (Å²) in [4.78, 5) is 25.7. The lowest BCUT2D eigenvalue weighted by Crippen LogP contribution is -2.39. The van der Waals surface area contributed by atoms with Gasteiger partial charge in [-0.05, 0) is 48.7 Å². The van der Waals surface area contributed by atoms with E-state index in [1.54, 1.807) is 23.1 Å². The number of fused-ring (bicyclic) bond motifs is 1. The zero-order chi connectivity index (χ0) is 18.0. The van der Waals surface area contributed by atoms with Crippen LogP contribution in [-0.4, -0.2) is 25.0 Å². The molecule has 0 unspecified atom stereocenters. The summed E-state index contributed by atoms with van der Waals surface area (Å²) >= 11 is 5.89. The lowest BCUT2D eigenvalue weighted by Gasteiger charge is -2.30. The van der Waals surface area contributed by atoms with Gasteiger partial charge in [0.1, 0.15) is 11.6 Å². The van der Waals surface area contributed by atoms with Crippen LogP contribution < -0.4 is 15.4 Å². The summed E-state index contributed by atoms with van der Waals surface area (Å²) < 4.78 is 18.5. The first-order valence-corrected chi connectivity index (χ1v) is 8.15. The number of carbonyl (C=O) groups is 2. The molecule has 0 aromatic heterocycles. The maximum atomic E-state index is 13.1. The van der Waals surface area contributed by atoms with Crippen molar-refractivity contribution in [2.24, 2.45) is 5.73 Å². The van der Waals surface area contributed by atoms with Crippen LogP contribution in [0, 0.1) is 5.82 Å². The number of nitrogens with zero attached hydrogens (tertiary/aromatic N) is 1. The van der Waals surface area contributed by atoms with Gasteiger partial charge in [0, 0.05) is 17.8 Å². The van der Waals surface area contributed by atoms with Crippen molar-refractivity contribution in [2.75, 3.05) is 18.1 Å². The van der Waals surface area contributed by atoms with Crippen LogP contribution in [0.1, 0.15) is 22.3 Å². The third-order valence-electron chi connectivity index (χ3n) is 4.06. The highest BCUT2D eigenvalue weighted by molar-refractivity contribution is 6.32. The third kappa shape index (κ3) is 3.58. The van der Waals surface area contributed by atoms with Crippen molar-refractivity contribution in [2.45, 2.75) is 12.8 Å². The molecule has 2 amide bonds. The number of benzene rings is 2. The molecular formula is C18H16ClFN2O3. The van der Waals surface area contributed by atoms with E-state index >= 15 is 0 Å². The Bertz CT molecular complexity index is 841. The summed E-state index contributed by atoms with van der Waals surface area (Å²) in [6, 6.07) is 8.84. The summed E-state index contributed by atoms with van der Waals surface area (Å²) in [6.07, 6.45) is 1.41. The first kappa shape index (κ1) is 17.2. The number of halogens is 2. The van der Waals surface area contributed by atoms with E-state index in [2.05, 4.69) is 0 Å². The second-order valence-corrected chi connectivity index (χ2v) is 6.09. The number of primary amides is 1. The zero-order valence-corrected chi connectivity index (χ0v) is 14.1. The minimum atomic E-state index is -0.513. The van der Waals surface area contributed by atoms with E-state index in [9.17, 15) is 14.0 Å². The summed E-state index contributed by atoms with van der Waals surface area (Å²) in [6.45, 7) is 0.278. The van der Waals surface area contributed by atoms with Gasteiger partial charge >= 0.3 is 0 Å². The molecule has 130 valence electrons. The molecule has 0 atom stereocenters. The molecule has 5 nitrogen and oxygen atoms in total. The van der Waals surface area contributed by atoms with E-state index in [0.717, 1.165) is 18.1 Å². The van der Waals surface area contributed by atoms with Gasteiger partial charge in [0.25, 0.3) is 5.91 Å². The minimum absolute atomic E-state index is 0.0999. The quantitative estimate of drug-likeness (QED) is 0.908. The highest BCUT2D eigenvalue weighted by Gasteiger charge is 2.25. The molecule has 0 spiro atoms. The molecule has 0 fully saturated rings. The Kier molecular flexibility index (Phi) is 4.90. The molecule has 0 aliphatic carbocycles. The first-order chi connectivity index (χ1) is 12.0. The highest BCUT2D eigenvalue weighted by atomic mass is 35.5. The normalized spacial score (nSPS) is 13.3. The Morgan fingerprint density at radius 2 is 2.08 bits per heavy atom. The van der Waals surface area contributed by atoms with Crippen molar-refractivity contribution in [3.8, 4) is 5.75 Å². The number of anilines is 1. The number of nitrogens with two attached hydrogens (primary N) is 1. The largest absolute Gasteiger partial charge is 0.482 e. The van der Waals surface area contributed by atoms with Crippen LogP contribution in [0.3, 0.4) is 0 Å². The van der Waals surface area contributed by atoms with Crippen LogP contribution in [-0.2, 0) is 11.2 Å². The molecule has 2 aromatic rings. The fraction of sp³-hybridized carbons (Fsp3) is 0.222. The monoisotopic (exact) mass is 362 g/mol. The Morgan fingerprint density at radius 1 is 1.28 bits per heavy atom. The van der Waals surface area contributed by atoms with Gasteiger partial charge in [0.2, 0.25) is 5.91 Å². The number of hydrogen-bond donors (Lipinski definition) is 1. The Balaban J connectivity index is 1.78. The molecular weight excluding hydrogens is 347 g/mol. The second kappa shape index (κ2) is 7.11. The number of carbonyl (C=O) groups excluding carboxylic acids is 2. The van der Waals surface area contributed by atoms with E-state index in [4.69, 9.17) is 22.1 Å². The number of hydrogen-bond acceptors (Lipinski definition) is 3. The fourth-order valence-corrected chi connectivity index (χ4v) is 3.15. The lowest BCUT2D eigenvalue weighted by molar-refractivity contribution is -0.120. The van der Waals surface area contributed by atoms with Crippen molar-refractivity contribution in [1.82, 2.24) is 0 Å². The zero-order valence-electron chi connectivity index (χ0n) is 13.3. The Hall–Kier alpha value is -2.60. The maximum absolute atomic E-state index is 13.1. The van der Waals surface area contributed by atoms with Crippen molar-refractivity contribution in [3.05, 3.63) is 58.4 Å². The van der Waals surface area contributed by atoms with Crippen molar-refractivity contribution in [3.63, 3.8) is 0 Å². The lowest BCUT2D eigenvalue weighted by atomic mass is 9.96. The molecule has 0 saturated heterocycles. The summed E-state index contributed by atoms with van der Waals surface area (Å²) in [5.74, 6) is -1.03. The molecule has 25 heavy (non-hydrogen) atoms.